The molecule has 190 valence electrons. The number of carbonyl (C=O) groups is 2. The van der Waals surface area contributed by atoms with Crippen molar-refractivity contribution in [1.82, 2.24) is 14.5 Å². The molecule has 1 amide bonds. The van der Waals surface area contributed by atoms with Crippen molar-refractivity contribution in [1.29, 1.82) is 5.41 Å². The van der Waals surface area contributed by atoms with Crippen LogP contribution in [0.15, 0.2) is 47.3 Å². The molecule has 3 aromatic rings. The number of fused-ring (bicyclic) bond motifs is 1. The van der Waals surface area contributed by atoms with Gasteiger partial charge in [0.25, 0.3) is 11.5 Å². The summed E-state index contributed by atoms with van der Waals surface area (Å²) < 4.78 is 6.54. The average molecular weight is 492 g/mol. The van der Waals surface area contributed by atoms with Crippen molar-refractivity contribution >= 4 is 28.7 Å². The Hall–Kier alpha value is -4.01. The van der Waals surface area contributed by atoms with E-state index < -0.39 is 0 Å². The predicted molar refractivity (Wildman–Crippen MR) is 139 cm³/mol. The van der Waals surface area contributed by atoms with Crippen molar-refractivity contribution in [3.05, 3.63) is 75.2 Å². The lowest BCUT2D eigenvalue weighted by Crippen LogP contribution is -2.36. The van der Waals surface area contributed by atoms with Crippen molar-refractivity contribution in [2.24, 2.45) is 18.7 Å². The maximum absolute atomic E-state index is 13.4. The molecule has 0 aliphatic heterocycles. The molecule has 3 rings (SSSR count). The van der Waals surface area contributed by atoms with E-state index in [-0.39, 0.29) is 42.2 Å². The maximum Gasteiger partial charge on any atom is 0.307 e. The third kappa shape index (κ3) is 6.35. The normalized spacial score (nSPS) is 11.0. The third-order valence-electron chi connectivity index (χ3n) is 5.79. The molecule has 0 saturated heterocycles. The molecule has 0 aliphatic carbocycles. The molecular weight excluding hydrogens is 458 g/mol. The lowest BCUT2D eigenvalue weighted by molar-refractivity contribution is -0.143. The van der Waals surface area contributed by atoms with Crippen LogP contribution in [-0.4, -0.2) is 51.9 Å². The SMILES string of the molecule is CCOC(=O)CCN(CC(C)C)C(=O)c1ccc2c(c1)nc(Cc1ccc(C(=N)N)cc1)c(=O)n2C. The Bertz CT molecular complexity index is 1330. The summed E-state index contributed by atoms with van der Waals surface area (Å²) in [6.45, 7) is 6.83. The average Bonchev–Trinajstić information content (AvgIpc) is 2.84. The number of rotatable bonds is 10. The summed E-state index contributed by atoms with van der Waals surface area (Å²) in [5.74, 6) is -0.342. The van der Waals surface area contributed by atoms with Crippen LogP contribution >= 0.6 is 0 Å². The molecule has 0 radical (unpaired) electrons. The molecule has 1 heterocycles. The number of amides is 1. The van der Waals surface area contributed by atoms with Gasteiger partial charge in [-0.3, -0.25) is 19.8 Å². The Kier molecular flexibility index (Phi) is 8.58. The van der Waals surface area contributed by atoms with Crippen LogP contribution in [0.1, 0.15) is 54.4 Å². The van der Waals surface area contributed by atoms with E-state index in [9.17, 15) is 14.4 Å². The van der Waals surface area contributed by atoms with Crippen LogP contribution in [0.5, 0.6) is 0 Å². The van der Waals surface area contributed by atoms with E-state index in [1.54, 1.807) is 49.2 Å². The molecule has 0 saturated carbocycles. The summed E-state index contributed by atoms with van der Waals surface area (Å²) in [6.07, 6.45) is 0.428. The van der Waals surface area contributed by atoms with Gasteiger partial charge in [0.05, 0.1) is 24.1 Å². The van der Waals surface area contributed by atoms with Gasteiger partial charge in [-0.15, -0.1) is 0 Å². The minimum atomic E-state index is -0.338. The minimum Gasteiger partial charge on any atom is -0.466 e. The van der Waals surface area contributed by atoms with E-state index in [4.69, 9.17) is 15.9 Å². The minimum absolute atomic E-state index is 0.0211. The van der Waals surface area contributed by atoms with Crippen LogP contribution in [0.3, 0.4) is 0 Å². The first-order chi connectivity index (χ1) is 17.1. The van der Waals surface area contributed by atoms with Gasteiger partial charge in [0.15, 0.2) is 0 Å². The van der Waals surface area contributed by atoms with Gasteiger partial charge in [-0.05, 0) is 36.6 Å². The zero-order chi connectivity index (χ0) is 26.4. The number of nitrogens with two attached hydrogens (primary N) is 1. The summed E-state index contributed by atoms with van der Waals surface area (Å²) in [5.41, 5.74) is 8.72. The smallest absolute Gasteiger partial charge is 0.307 e. The summed E-state index contributed by atoms with van der Waals surface area (Å²) in [5, 5.41) is 7.53. The number of benzene rings is 2. The van der Waals surface area contributed by atoms with Crippen molar-refractivity contribution in [3.63, 3.8) is 0 Å². The zero-order valence-electron chi connectivity index (χ0n) is 21.2. The molecule has 0 fully saturated rings. The lowest BCUT2D eigenvalue weighted by atomic mass is 10.1. The van der Waals surface area contributed by atoms with Gasteiger partial charge in [0, 0.05) is 37.7 Å². The monoisotopic (exact) mass is 491 g/mol. The number of nitrogen functional groups attached to an aromatic ring is 1. The number of hydrogen-bond acceptors (Lipinski definition) is 6. The van der Waals surface area contributed by atoms with Crippen LogP contribution in [0.4, 0.5) is 0 Å². The first-order valence-corrected chi connectivity index (χ1v) is 12.0. The molecule has 2 aromatic carbocycles. The zero-order valence-corrected chi connectivity index (χ0v) is 21.2. The highest BCUT2D eigenvalue weighted by Crippen LogP contribution is 2.17. The molecule has 9 heteroatoms. The summed E-state index contributed by atoms with van der Waals surface area (Å²) in [7, 11) is 1.68. The molecule has 1 aromatic heterocycles. The lowest BCUT2D eigenvalue weighted by Gasteiger charge is -2.24. The Morgan fingerprint density at radius 2 is 1.81 bits per heavy atom. The van der Waals surface area contributed by atoms with Gasteiger partial charge in [-0.2, -0.15) is 0 Å². The number of carbonyl (C=O) groups excluding carboxylic acids is 2. The number of esters is 1. The van der Waals surface area contributed by atoms with Crippen LogP contribution in [-0.2, 0) is 23.0 Å². The van der Waals surface area contributed by atoms with E-state index >= 15 is 0 Å². The van der Waals surface area contributed by atoms with Crippen molar-refractivity contribution < 1.29 is 14.3 Å². The fourth-order valence-corrected chi connectivity index (χ4v) is 3.99. The fourth-order valence-electron chi connectivity index (χ4n) is 3.99. The first kappa shape index (κ1) is 26.6. The molecule has 36 heavy (non-hydrogen) atoms. The number of nitrogens with one attached hydrogen (secondary N) is 1. The quantitative estimate of drug-likeness (QED) is 0.255. The number of hydrogen-bond donors (Lipinski definition) is 2. The van der Waals surface area contributed by atoms with Gasteiger partial charge in [0.1, 0.15) is 11.5 Å². The molecule has 0 aliphatic rings. The molecule has 9 nitrogen and oxygen atoms in total. The van der Waals surface area contributed by atoms with Gasteiger partial charge < -0.3 is 19.9 Å². The molecule has 0 spiro atoms. The van der Waals surface area contributed by atoms with Gasteiger partial charge in [-0.1, -0.05) is 38.1 Å². The van der Waals surface area contributed by atoms with Gasteiger partial charge in [0.2, 0.25) is 0 Å². The van der Waals surface area contributed by atoms with Crippen LogP contribution in [0, 0.1) is 11.3 Å². The van der Waals surface area contributed by atoms with Crippen molar-refractivity contribution in [3.8, 4) is 0 Å². The summed E-state index contributed by atoms with van der Waals surface area (Å²) in [4.78, 5) is 44.4. The third-order valence-corrected chi connectivity index (χ3v) is 5.79. The second kappa shape index (κ2) is 11.6. The molecule has 0 atom stereocenters. The van der Waals surface area contributed by atoms with Crippen molar-refractivity contribution in [2.45, 2.75) is 33.6 Å². The van der Waals surface area contributed by atoms with Crippen LogP contribution < -0.4 is 11.3 Å². The second-order valence-corrected chi connectivity index (χ2v) is 9.11. The van der Waals surface area contributed by atoms with Gasteiger partial charge >= 0.3 is 5.97 Å². The number of aryl methyl sites for hydroxylation is 1. The first-order valence-electron chi connectivity index (χ1n) is 12.0. The standard InChI is InChI=1S/C27H33N5O4/c1-5-36-24(33)12-13-32(16-17(2)3)26(34)20-10-11-23-21(15-20)30-22(27(35)31(23)4)14-18-6-8-19(9-7-18)25(28)29/h6-11,15,17H,5,12-14,16H2,1-4H3,(H3,28,29). The molecule has 0 unspecified atom stereocenters. The van der Waals surface area contributed by atoms with Crippen LogP contribution in [0.25, 0.3) is 11.0 Å². The summed E-state index contributed by atoms with van der Waals surface area (Å²) in [6, 6.07) is 12.2. The Morgan fingerprint density at radius 1 is 1.14 bits per heavy atom. The highest BCUT2D eigenvalue weighted by molar-refractivity contribution is 5.97. The highest BCUT2D eigenvalue weighted by Gasteiger charge is 2.20. The number of ether oxygens (including phenoxy) is 1. The van der Waals surface area contributed by atoms with Crippen molar-refractivity contribution in [2.75, 3.05) is 19.7 Å². The number of aromatic nitrogens is 2. The van der Waals surface area contributed by atoms with E-state index in [0.29, 0.717) is 47.4 Å². The molecule has 0 bridgehead atoms. The van der Waals surface area contributed by atoms with Crippen LogP contribution in [0.2, 0.25) is 0 Å². The van der Waals surface area contributed by atoms with E-state index in [0.717, 1.165) is 5.56 Å². The topological polar surface area (TPSA) is 131 Å². The summed E-state index contributed by atoms with van der Waals surface area (Å²) >= 11 is 0. The number of amidine groups is 1. The van der Waals surface area contributed by atoms with Gasteiger partial charge in [-0.25, -0.2) is 4.98 Å². The Balaban J connectivity index is 1.92. The van der Waals surface area contributed by atoms with E-state index in [1.807, 2.05) is 26.0 Å². The Morgan fingerprint density at radius 3 is 2.42 bits per heavy atom. The van der Waals surface area contributed by atoms with E-state index in [1.165, 1.54) is 4.57 Å². The fraction of sp³-hybridized carbons (Fsp3) is 0.370. The molecular formula is C27H33N5O4. The largest absolute Gasteiger partial charge is 0.466 e. The molecule has 3 N–H and O–H groups in total. The second-order valence-electron chi connectivity index (χ2n) is 9.11. The highest BCUT2D eigenvalue weighted by atomic mass is 16.5. The predicted octanol–water partition coefficient (Wildman–Crippen LogP) is 2.86. The number of nitrogens with zero attached hydrogens (tertiary/aromatic N) is 3. The van der Waals surface area contributed by atoms with E-state index in [2.05, 4.69) is 4.98 Å². The Labute approximate surface area is 210 Å². The maximum atomic E-state index is 13.4.